The number of hydrogen-bond donors (Lipinski definition) is 2. The van der Waals surface area contributed by atoms with Gasteiger partial charge in [0.1, 0.15) is 5.75 Å². The van der Waals surface area contributed by atoms with Gasteiger partial charge < -0.3 is 15.8 Å². The van der Waals surface area contributed by atoms with Gasteiger partial charge in [0.25, 0.3) is 0 Å². The predicted molar refractivity (Wildman–Crippen MR) is 83.3 cm³/mol. The van der Waals surface area contributed by atoms with Crippen LogP contribution in [-0.2, 0) is 6.42 Å². The van der Waals surface area contributed by atoms with Crippen molar-refractivity contribution in [1.82, 2.24) is 0 Å². The van der Waals surface area contributed by atoms with Crippen LogP contribution in [-0.4, -0.2) is 19.6 Å². The van der Waals surface area contributed by atoms with Crippen molar-refractivity contribution in [1.29, 1.82) is 0 Å². The van der Waals surface area contributed by atoms with Crippen molar-refractivity contribution >= 4 is 11.6 Å². The van der Waals surface area contributed by atoms with E-state index in [2.05, 4.69) is 22.4 Å². The molecule has 0 amide bonds. The van der Waals surface area contributed by atoms with E-state index in [0.717, 1.165) is 17.9 Å². The van der Waals surface area contributed by atoms with Gasteiger partial charge in [-0.05, 0) is 24.1 Å². The van der Waals surface area contributed by atoms with E-state index in [4.69, 9.17) is 10.5 Å². The number of hydrogen-bond acceptors (Lipinski definition) is 2. The molecule has 0 radical (unpaired) electrons. The zero-order valence-corrected chi connectivity index (χ0v) is 11.5. The summed E-state index contributed by atoms with van der Waals surface area (Å²) in [6.45, 7) is 0.660. The summed E-state index contributed by atoms with van der Waals surface area (Å²) in [7, 11) is 1.64. The van der Waals surface area contributed by atoms with Gasteiger partial charge >= 0.3 is 0 Å². The summed E-state index contributed by atoms with van der Waals surface area (Å²) in [5.41, 5.74) is 7.98. The lowest BCUT2D eigenvalue weighted by Gasteiger charge is -2.07. The minimum Gasteiger partial charge on any atom is -0.497 e. The van der Waals surface area contributed by atoms with Crippen molar-refractivity contribution in [2.24, 2.45) is 10.7 Å². The van der Waals surface area contributed by atoms with Crippen LogP contribution in [0.4, 0.5) is 5.69 Å². The molecular weight excluding hydrogens is 250 g/mol. The van der Waals surface area contributed by atoms with Gasteiger partial charge in [-0.3, -0.25) is 4.99 Å². The van der Waals surface area contributed by atoms with Gasteiger partial charge in [-0.25, -0.2) is 0 Å². The highest BCUT2D eigenvalue weighted by Gasteiger charge is 1.97. The van der Waals surface area contributed by atoms with Crippen molar-refractivity contribution in [2.45, 2.75) is 6.42 Å². The molecular formula is C16H19N3O. The summed E-state index contributed by atoms with van der Waals surface area (Å²) in [6, 6.07) is 17.8. The lowest BCUT2D eigenvalue weighted by molar-refractivity contribution is 0.415. The molecule has 20 heavy (non-hydrogen) atoms. The molecule has 0 aliphatic heterocycles. The van der Waals surface area contributed by atoms with Crippen LogP contribution >= 0.6 is 0 Å². The Morgan fingerprint density at radius 2 is 1.95 bits per heavy atom. The summed E-state index contributed by atoms with van der Waals surface area (Å²) in [4.78, 5) is 4.31. The number of ether oxygens (including phenoxy) is 1. The van der Waals surface area contributed by atoms with Crippen LogP contribution in [0.2, 0.25) is 0 Å². The lowest BCUT2D eigenvalue weighted by atomic mass is 10.2. The molecule has 0 fully saturated rings. The molecule has 4 nitrogen and oxygen atoms in total. The normalized spacial score (nSPS) is 11.2. The Labute approximate surface area is 119 Å². The minimum atomic E-state index is 0.411. The van der Waals surface area contributed by atoms with Crippen molar-refractivity contribution in [3.8, 4) is 5.75 Å². The zero-order valence-electron chi connectivity index (χ0n) is 11.5. The number of guanidine groups is 1. The topological polar surface area (TPSA) is 59.6 Å². The van der Waals surface area contributed by atoms with Gasteiger partial charge in [0.2, 0.25) is 0 Å². The number of methoxy groups -OCH3 is 1. The van der Waals surface area contributed by atoms with Gasteiger partial charge in [0.15, 0.2) is 5.96 Å². The van der Waals surface area contributed by atoms with Crippen LogP contribution in [0, 0.1) is 0 Å². The lowest BCUT2D eigenvalue weighted by Crippen LogP contribution is -2.23. The second kappa shape index (κ2) is 7.19. The Morgan fingerprint density at radius 1 is 1.15 bits per heavy atom. The summed E-state index contributed by atoms with van der Waals surface area (Å²) in [5.74, 6) is 1.20. The van der Waals surface area contributed by atoms with E-state index in [0.29, 0.717) is 12.5 Å². The average molecular weight is 269 g/mol. The quantitative estimate of drug-likeness (QED) is 0.648. The first kappa shape index (κ1) is 13.9. The van der Waals surface area contributed by atoms with E-state index in [1.165, 1.54) is 5.56 Å². The summed E-state index contributed by atoms with van der Waals surface area (Å²) >= 11 is 0. The Hall–Kier alpha value is -2.49. The molecule has 0 saturated heterocycles. The van der Waals surface area contributed by atoms with Crippen LogP contribution in [0.25, 0.3) is 0 Å². The number of rotatable bonds is 5. The predicted octanol–water partition coefficient (Wildman–Crippen LogP) is 2.66. The largest absolute Gasteiger partial charge is 0.497 e. The van der Waals surface area contributed by atoms with E-state index in [9.17, 15) is 0 Å². The summed E-state index contributed by atoms with van der Waals surface area (Å²) < 4.78 is 5.15. The highest BCUT2D eigenvalue weighted by atomic mass is 16.5. The highest BCUT2D eigenvalue weighted by Crippen LogP contribution is 2.16. The molecule has 0 bridgehead atoms. The Bertz CT molecular complexity index is 567. The number of benzene rings is 2. The third kappa shape index (κ3) is 4.31. The molecule has 0 spiro atoms. The third-order valence-electron chi connectivity index (χ3n) is 2.87. The molecule has 0 heterocycles. The van der Waals surface area contributed by atoms with E-state index in [1.54, 1.807) is 7.11 Å². The summed E-state index contributed by atoms with van der Waals surface area (Å²) in [5, 5.41) is 3.05. The molecule has 0 aliphatic carbocycles. The molecule has 0 unspecified atom stereocenters. The maximum atomic E-state index is 5.86. The van der Waals surface area contributed by atoms with Crippen LogP contribution in [0.15, 0.2) is 59.6 Å². The van der Waals surface area contributed by atoms with Gasteiger partial charge in [0.05, 0.1) is 7.11 Å². The molecule has 4 heteroatoms. The second-order valence-electron chi connectivity index (χ2n) is 4.36. The van der Waals surface area contributed by atoms with Crippen LogP contribution in [0.5, 0.6) is 5.75 Å². The van der Waals surface area contributed by atoms with Gasteiger partial charge in [-0.15, -0.1) is 0 Å². The maximum absolute atomic E-state index is 5.86. The van der Waals surface area contributed by atoms with Gasteiger partial charge in [0, 0.05) is 18.3 Å². The minimum absolute atomic E-state index is 0.411. The maximum Gasteiger partial charge on any atom is 0.193 e. The zero-order chi connectivity index (χ0) is 14.2. The molecule has 104 valence electrons. The van der Waals surface area contributed by atoms with Crippen molar-refractivity contribution in [3.63, 3.8) is 0 Å². The fourth-order valence-electron chi connectivity index (χ4n) is 1.84. The second-order valence-corrected chi connectivity index (χ2v) is 4.36. The first-order valence-electron chi connectivity index (χ1n) is 6.53. The van der Waals surface area contributed by atoms with Crippen molar-refractivity contribution < 1.29 is 4.74 Å². The van der Waals surface area contributed by atoms with Crippen molar-refractivity contribution in [3.05, 3.63) is 60.2 Å². The monoisotopic (exact) mass is 269 g/mol. The average Bonchev–Trinajstić information content (AvgIpc) is 2.48. The van der Waals surface area contributed by atoms with Crippen LogP contribution in [0.1, 0.15) is 5.56 Å². The molecule has 0 atom stereocenters. The molecule has 0 saturated carbocycles. The molecule has 3 N–H and O–H groups in total. The van der Waals surface area contributed by atoms with Gasteiger partial charge in [-0.2, -0.15) is 0 Å². The third-order valence-corrected chi connectivity index (χ3v) is 2.87. The smallest absolute Gasteiger partial charge is 0.193 e. The highest BCUT2D eigenvalue weighted by molar-refractivity contribution is 5.92. The Kier molecular flexibility index (Phi) is 5.00. The fraction of sp³-hybridized carbons (Fsp3) is 0.188. The number of anilines is 1. The van der Waals surface area contributed by atoms with E-state index >= 15 is 0 Å². The van der Waals surface area contributed by atoms with Crippen molar-refractivity contribution in [2.75, 3.05) is 19.0 Å². The van der Waals surface area contributed by atoms with Crippen LogP contribution < -0.4 is 15.8 Å². The number of nitrogens with one attached hydrogen (secondary N) is 1. The molecule has 2 rings (SSSR count). The van der Waals surface area contributed by atoms with E-state index in [1.807, 2.05) is 42.5 Å². The first-order valence-corrected chi connectivity index (χ1v) is 6.53. The Balaban J connectivity index is 1.87. The SMILES string of the molecule is COc1cccc(NC(N)=NCCc2ccccc2)c1. The molecule has 0 aliphatic rings. The fourth-order valence-corrected chi connectivity index (χ4v) is 1.84. The van der Waals surface area contributed by atoms with Gasteiger partial charge in [-0.1, -0.05) is 36.4 Å². The van der Waals surface area contributed by atoms with E-state index in [-0.39, 0.29) is 0 Å². The molecule has 0 aromatic heterocycles. The molecule has 2 aromatic carbocycles. The standard InChI is InChI=1S/C16H19N3O/c1-20-15-9-5-8-14(12-15)19-16(17)18-11-10-13-6-3-2-4-7-13/h2-9,12H,10-11H2,1H3,(H3,17,18,19). The van der Waals surface area contributed by atoms with E-state index < -0.39 is 0 Å². The Morgan fingerprint density at radius 3 is 2.70 bits per heavy atom. The number of nitrogens with two attached hydrogens (primary N) is 1. The number of aliphatic imine (C=N–C) groups is 1. The number of nitrogens with zero attached hydrogens (tertiary/aromatic N) is 1. The van der Waals surface area contributed by atoms with Crippen LogP contribution in [0.3, 0.4) is 0 Å². The molecule has 2 aromatic rings. The summed E-state index contributed by atoms with van der Waals surface area (Å²) in [6.07, 6.45) is 0.876. The first-order chi connectivity index (χ1) is 9.78.